The van der Waals surface area contributed by atoms with Gasteiger partial charge in [-0.3, -0.25) is 9.59 Å². The molecule has 162 valence electrons. The van der Waals surface area contributed by atoms with Gasteiger partial charge >= 0.3 is 6.18 Å². The Morgan fingerprint density at radius 2 is 1.73 bits per heavy atom. The van der Waals surface area contributed by atoms with E-state index in [1.54, 1.807) is 25.2 Å². The maximum Gasteiger partial charge on any atom is 0.416 e. The molecule has 0 spiro atoms. The second kappa shape index (κ2) is 9.41. The number of nitrogens with one attached hydrogen (secondary N) is 1. The van der Waals surface area contributed by atoms with Crippen LogP contribution in [0.1, 0.15) is 56.1 Å². The number of hydrogen-bond acceptors (Lipinski definition) is 3. The number of rotatable bonds is 7. The van der Waals surface area contributed by atoms with E-state index in [0.717, 1.165) is 12.1 Å². The number of benzene rings is 1. The third kappa shape index (κ3) is 6.15. The van der Waals surface area contributed by atoms with Gasteiger partial charge in [0.1, 0.15) is 5.69 Å². The third-order valence-electron chi connectivity index (χ3n) is 5.03. The topological polar surface area (TPSA) is 59.1 Å². The van der Waals surface area contributed by atoms with Crippen LogP contribution in [0.5, 0.6) is 0 Å². The molecular weight excluding hydrogens is 393 g/mol. The number of carbonyl (C=O) groups is 2. The van der Waals surface area contributed by atoms with Crippen LogP contribution in [0.15, 0.2) is 42.5 Å². The molecule has 0 aliphatic carbocycles. The van der Waals surface area contributed by atoms with E-state index in [0.29, 0.717) is 24.1 Å². The molecule has 0 saturated heterocycles. The molecule has 0 saturated carbocycles. The zero-order chi connectivity index (χ0) is 22.5. The molecule has 2 aromatic rings. The molecule has 1 amide bonds. The zero-order valence-corrected chi connectivity index (χ0v) is 17.6. The van der Waals surface area contributed by atoms with Crippen LogP contribution >= 0.6 is 0 Å². The van der Waals surface area contributed by atoms with Crippen molar-refractivity contribution in [3.63, 3.8) is 0 Å². The van der Waals surface area contributed by atoms with Crippen LogP contribution in [0.25, 0.3) is 11.3 Å². The Morgan fingerprint density at radius 3 is 2.33 bits per heavy atom. The van der Waals surface area contributed by atoms with E-state index in [1.165, 1.54) is 12.1 Å². The van der Waals surface area contributed by atoms with E-state index in [4.69, 9.17) is 0 Å². The molecule has 0 radical (unpaired) electrons. The fourth-order valence-electron chi connectivity index (χ4n) is 3.33. The minimum Gasteiger partial charge on any atom is -0.359 e. The van der Waals surface area contributed by atoms with Crippen LogP contribution < -0.4 is 5.32 Å². The van der Waals surface area contributed by atoms with Crippen LogP contribution in [-0.4, -0.2) is 23.7 Å². The van der Waals surface area contributed by atoms with Crippen LogP contribution in [0.3, 0.4) is 0 Å². The number of ketones is 1. The summed E-state index contributed by atoms with van der Waals surface area (Å²) in [7, 11) is 1.59. The lowest BCUT2D eigenvalue weighted by atomic mass is 9.77. The first-order chi connectivity index (χ1) is 13.9. The number of nitrogens with zero attached hydrogens (tertiary/aromatic N) is 1. The van der Waals surface area contributed by atoms with Crippen molar-refractivity contribution in [1.29, 1.82) is 0 Å². The van der Waals surface area contributed by atoms with Crippen molar-refractivity contribution >= 4 is 11.7 Å². The minimum atomic E-state index is -4.45. The van der Waals surface area contributed by atoms with Gasteiger partial charge in [-0.25, -0.2) is 4.98 Å². The first-order valence-electron chi connectivity index (χ1n) is 9.83. The largest absolute Gasteiger partial charge is 0.416 e. The van der Waals surface area contributed by atoms with Gasteiger partial charge in [0.2, 0.25) is 5.91 Å². The normalized spacial score (nSPS) is 13.0. The fourth-order valence-corrected chi connectivity index (χ4v) is 3.33. The lowest BCUT2D eigenvalue weighted by Gasteiger charge is -2.29. The Kier molecular flexibility index (Phi) is 7.39. The summed E-state index contributed by atoms with van der Waals surface area (Å²) in [5.41, 5.74) is -0.181. The molecule has 4 nitrogen and oxygen atoms in total. The Labute approximate surface area is 174 Å². The molecule has 0 unspecified atom stereocenters. The molecule has 0 aliphatic heterocycles. The van der Waals surface area contributed by atoms with E-state index in [9.17, 15) is 22.8 Å². The average molecular weight is 420 g/mol. The Morgan fingerprint density at radius 1 is 1.07 bits per heavy atom. The maximum atomic E-state index is 13.0. The minimum absolute atomic E-state index is 0.0559. The summed E-state index contributed by atoms with van der Waals surface area (Å²) in [6.07, 6.45) is -3.16. The lowest BCUT2D eigenvalue weighted by molar-refractivity contribution is -0.137. The van der Waals surface area contributed by atoms with Gasteiger partial charge in [0.05, 0.1) is 11.3 Å². The molecule has 0 bridgehead atoms. The van der Waals surface area contributed by atoms with Crippen molar-refractivity contribution < 1.29 is 22.8 Å². The van der Waals surface area contributed by atoms with E-state index in [1.807, 2.05) is 20.8 Å². The second-order valence-electron chi connectivity index (χ2n) is 8.33. The molecule has 30 heavy (non-hydrogen) atoms. The average Bonchev–Trinajstić information content (AvgIpc) is 2.69. The van der Waals surface area contributed by atoms with Gasteiger partial charge in [0.25, 0.3) is 0 Å². The van der Waals surface area contributed by atoms with Gasteiger partial charge < -0.3 is 5.32 Å². The highest BCUT2D eigenvalue weighted by molar-refractivity contribution is 5.94. The van der Waals surface area contributed by atoms with Crippen molar-refractivity contribution in [2.24, 2.45) is 11.3 Å². The van der Waals surface area contributed by atoms with Crippen molar-refractivity contribution in [1.82, 2.24) is 10.3 Å². The Bertz CT molecular complexity index is 902. The summed E-state index contributed by atoms with van der Waals surface area (Å²) in [4.78, 5) is 29.0. The highest BCUT2D eigenvalue weighted by Crippen LogP contribution is 2.32. The predicted molar refractivity (Wildman–Crippen MR) is 110 cm³/mol. The van der Waals surface area contributed by atoms with Gasteiger partial charge in [-0.15, -0.1) is 0 Å². The monoisotopic (exact) mass is 420 g/mol. The van der Waals surface area contributed by atoms with E-state index in [-0.39, 0.29) is 35.1 Å². The zero-order valence-electron chi connectivity index (χ0n) is 17.6. The highest BCUT2D eigenvalue weighted by Gasteiger charge is 2.31. The van der Waals surface area contributed by atoms with Crippen molar-refractivity contribution in [3.05, 3.63) is 53.7 Å². The molecule has 1 N–H and O–H groups in total. The lowest BCUT2D eigenvalue weighted by Crippen LogP contribution is -2.36. The SMILES string of the molecule is CNC(=O)[C@@H](CCCC(=O)c1cccc(-c2cccc(C(F)(F)F)c2)n1)C(C)(C)C. The number of aromatic nitrogens is 1. The van der Waals surface area contributed by atoms with Crippen LogP contribution in [-0.2, 0) is 11.0 Å². The van der Waals surface area contributed by atoms with Gasteiger partial charge in [-0.2, -0.15) is 13.2 Å². The maximum absolute atomic E-state index is 13.0. The standard InChI is InChI=1S/C23H27F3N2O2/c1-22(2,3)17(21(30)27-4)10-6-13-20(29)19-12-7-11-18(28-19)15-8-5-9-16(14-15)23(24,25)26/h5,7-9,11-12,14,17H,6,10,13H2,1-4H3,(H,27,30)/t17-/m1/s1. The van der Waals surface area contributed by atoms with Crippen molar-refractivity contribution in [2.75, 3.05) is 7.05 Å². The van der Waals surface area contributed by atoms with Gasteiger partial charge in [-0.05, 0) is 42.5 Å². The number of halogens is 3. The van der Waals surface area contributed by atoms with Crippen molar-refractivity contribution in [2.45, 2.75) is 46.2 Å². The van der Waals surface area contributed by atoms with Crippen LogP contribution in [0.2, 0.25) is 0 Å². The van der Waals surface area contributed by atoms with E-state index in [2.05, 4.69) is 10.3 Å². The third-order valence-corrected chi connectivity index (χ3v) is 5.03. The molecule has 2 rings (SSSR count). The predicted octanol–water partition coefficient (Wildman–Crippen LogP) is 5.53. The number of carbonyl (C=O) groups excluding carboxylic acids is 2. The van der Waals surface area contributed by atoms with Crippen LogP contribution in [0, 0.1) is 11.3 Å². The fraction of sp³-hybridized carbons (Fsp3) is 0.435. The van der Waals surface area contributed by atoms with Gasteiger partial charge in [0, 0.05) is 24.9 Å². The smallest absolute Gasteiger partial charge is 0.359 e. The summed E-state index contributed by atoms with van der Waals surface area (Å²) in [6.45, 7) is 5.94. The molecule has 1 aromatic heterocycles. The Hall–Kier alpha value is -2.70. The van der Waals surface area contributed by atoms with Crippen molar-refractivity contribution in [3.8, 4) is 11.3 Å². The number of Topliss-reactive ketones (excluding diaryl/α,β-unsaturated/α-hetero) is 1. The molecule has 0 aliphatic rings. The van der Waals surface area contributed by atoms with Gasteiger partial charge in [-0.1, -0.05) is 39.0 Å². The number of hydrogen-bond donors (Lipinski definition) is 1. The number of amides is 1. The summed E-state index contributed by atoms with van der Waals surface area (Å²) < 4.78 is 38.9. The molecule has 1 aromatic carbocycles. The molecule has 1 atom stereocenters. The Balaban J connectivity index is 2.11. The van der Waals surface area contributed by atoms with E-state index >= 15 is 0 Å². The molecule has 1 heterocycles. The summed E-state index contributed by atoms with van der Waals surface area (Å²) >= 11 is 0. The summed E-state index contributed by atoms with van der Waals surface area (Å²) in [5.74, 6) is -0.479. The van der Waals surface area contributed by atoms with E-state index < -0.39 is 11.7 Å². The number of alkyl halides is 3. The molecular formula is C23H27F3N2O2. The van der Waals surface area contributed by atoms with Crippen LogP contribution in [0.4, 0.5) is 13.2 Å². The second-order valence-corrected chi connectivity index (χ2v) is 8.33. The highest BCUT2D eigenvalue weighted by atomic mass is 19.4. The summed E-state index contributed by atoms with van der Waals surface area (Å²) in [5, 5.41) is 2.67. The number of pyridine rings is 1. The summed E-state index contributed by atoms with van der Waals surface area (Å²) in [6, 6.07) is 9.61. The first kappa shape index (κ1) is 23.6. The molecule has 0 fully saturated rings. The quantitative estimate of drug-likeness (QED) is 0.599. The van der Waals surface area contributed by atoms with Gasteiger partial charge in [0.15, 0.2) is 5.78 Å². The molecule has 7 heteroatoms. The first-order valence-corrected chi connectivity index (χ1v) is 9.83.